The molecule has 2 N–H and O–H groups in total. The molecular formula is C18H23N3O3. The zero-order chi connectivity index (χ0) is 17.5. The number of nitrogens with one attached hydrogen (secondary N) is 2. The average Bonchev–Trinajstić information content (AvgIpc) is 2.92. The predicted octanol–water partition coefficient (Wildman–Crippen LogP) is 2.22. The minimum atomic E-state index is -0.583. The fraction of sp³-hybridized carbons (Fsp3) is 0.500. The van der Waals surface area contributed by atoms with Crippen molar-refractivity contribution in [2.75, 3.05) is 7.05 Å². The Balaban J connectivity index is 1.92. The number of aryl methyl sites for hydroxylation is 1. The first-order valence-electron chi connectivity index (χ1n) is 8.20. The third-order valence-electron chi connectivity index (χ3n) is 4.39. The quantitative estimate of drug-likeness (QED) is 0.844. The highest BCUT2D eigenvalue weighted by molar-refractivity contribution is 5.80. The SMILES string of the molecule is CNC1CCc2cc3nc(COC(=O)C(C)(C)C)[nH]c(=O)c3cc21. The second-order valence-electron chi connectivity index (χ2n) is 7.29. The fourth-order valence-electron chi connectivity index (χ4n) is 3.01. The van der Waals surface area contributed by atoms with E-state index in [1.54, 1.807) is 20.8 Å². The lowest BCUT2D eigenvalue weighted by Crippen LogP contribution is -2.24. The zero-order valence-electron chi connectivity index (χ0n) is 14.5. The highest BCUT2D eigenvalue weighted by Crippen LogP contribution is 2.32. The standard InChI is InChI=1S/C18H23N3O3/c1-18(2,3)17(23)24-9-15-20-14-7-10-5-6-13(19-4)11(10)8-12(14)16(22)21-15/h7-8,13,19H,5-6,9H2,1-4H3,(H,20,21,22). The zero-order valence-corrected chi connectivity index (χ0v) is 14.5. The van der Waals surface area contributed by atoms with Crippen molar-refractivity contribution in [2.24, 2.45) is 5.41 Å². The fourth-order valence-corrected chi connectivity index (χ4v) is 3.01. The van der Waals surface area contributed by atoms with Gasteiger partial charge in [-0.05, 0) is 63.9 Å². The lowest BCUT2D eigenvalue weighted by atomic mass is 9.97. The summed E-state index contributed by atoms with van der Waals surface area (Å²) in [7, 11) is 1.93. The summed E-state index contributed by atoms with van der Waals surface area (Å²) < 4.78 is 5.24. The van der Waals surface area contributed by atoms with Crippen molar-refractivity contribution in [1.82, 2.24) is 15.3 Å². The number of H-pyrrole nitrogens is 1. The predicted molar refractivity (Wildman–Crippen MR) is 91.7 cm³/mol. The lowest BCUT2D eigenvalue weighted by Gasteiger charge is -2.16. The van der Waals surface area contributed by atoms with Gasteiger partial charge in [-0.3, -0.25) is 9.59 Å². The highest BCUT2D eigenvalue weighted by atomic mass is 16.5. The molecule has 6 nitrogen and oxygen atoms in total. The molecule has 0 fully saturated rings. The third-order valence-corrected chi connectivity index (χ3v) is 4.39. The number of ether oxygens (including phenoxy) is 1. The molecule has 0 saturated heterocycles. The van der Waals surface area contributed by atoms with E-state index >= 15 is 0 Å². The maximum Gasteiger partial charge on any atom is 0.311 e. The van der Waals surface area contributed by atoms with E-state index in [1.807, 2.05) is 19.2 Å². The molecule has 0 saturated carbocycles. The van der Waals surface area contributed by atoms with E-state index in [1.165, 1.54) is 11.1 Å². The van der Waals surface area contributed by atoms with Gasteiger partial charge in [0.1, 0.15) is 12.4 Å². The molecule has 24 heavy (non-hydrogen) atoms. The number of rotatable bonds is 3. The van der Waals surface area contributed by atoms with Gasteiger partial charge in [-0.15, -0.1) is 0 Å². The largest absolute Gasteiger partial charge is 0.457 e. The maximum atomic E-state index is 12.4. The minimum Gasteiger partial charge on any atom is -0.457 e. The van der Waals surface area contributed by atoms with Gasteiger partial charge in [0.15, 0.2) is 0 Å². The first-order valence-corrected chi connectivity index (χ1v) is 8.20. The number of carbonyl (C=O) groups excluding carboxylic acids is 1. The first kappa shape index (κ1) is 16.6. The molecule has 0 radical (unpaired) electrons. The van der Waals surface area contributed by atoms with E-state index in [9.17, 15) is 9.59 Å². The van der Waals surface area contributed by atoms with E-state index in [2.05, 4.69) is 15.3 Å². The Bertz CT molecular complexity index is 849. The van der Waals surface area contributed by atoms with Gasteiger partial charge in [-0.1, -0.05) is 0 Å². The van der Waals surface area contributed by atoms with Gasteiger partial charge in [0.05, 0.1) is 16.3 Å². The Morgan fingerprint density at radius 2 is 2.17 bits per heavy atom. The normalized spacial score (nSPS) is 17.1. The van der Waals surface area contributed by atoms with Crippen molar-refractivity contribution in [3.05, 3.63) is 39.4 Å². The molecule has 1 aromatic carbocycles. The number of aromatic amines is 1. The second kappa shape index (κ2) is 6.02. The van der Waals surface area contributed by atoms with E-state index in [-0.39, 0.29) is 24.2 Å². The Morgan fingerprint density at radius 1 is 1.42 bits per heavy atom. The maximum absolute atomic E-state index is 12.4. The molecule has 1 aliphatic carbocycles. The van der Waals surface area contributed by atoms with Crippen molar-refractivity contribution in [3.8, 4) is 0 Å². The van der Waals surface area contributed by atoms with Gasteiger partial charge >= 0.3 is 5.97 Å². The number of fused-ring (bicyclic) bond motifs is 2. The van der Waals surface area contributed by atoms with Crippen LogP contribution < -0.4 is 10.9 Å². The van der Waals surface area contributed by atoms with Crippen LogP contribution in [-0.4, -0.2) is 23.0 Å². The van der Waals surface area contributed by atoms with Gasteiger partial charge in [0.25, 0.3) is 5.56 Å². The van der Waals surface area contributed by atoms with Crippen molar-refractivity contribution in [2.45, 2.75) is 46.3 Å². The van der Waals surface area contributed by atoms with Crippen LogP contribution in [0.3, 0.4) is 0 Å². The van der Waals surface area contributed by atoms with Crippen LogP contribution in [0, 0.1) is 5.41 Å². The molecule has 128 valence electrons. The van der Waals surface area contributed by atoms with Crippen LogP contribution in [0.25, 0.3) is 10.9 Å². The number of carbonyl (C=O) groups is 1. The van der Waals surface area contributed by atoms with E-state index in [0.29, 0.717) is 16.7 Å². The van der Waals surface area contributed by atoms with Crippen LogP contribution in [0.1, 0.15) is 50.2 Å². The molecule has 0 aliphatic heterocycles. The summed E-state index contributed by atoms with van der Waals surface area (Å²) in [5, 5.41) is 3.84. The molecule has 1 unspecified atom stereocenters. The van der Waals surface area contributed by atoms with Gasteiger partial charge < -0.3 is 15.0 Å². The Kier molecular flexibility index (Phi) is 4.17. The van der Waals surface area contributed by atoms with E-state index in [4.69, 9.17) is 4.74 Å². The van der Waals surface area contributed by atoms with Crippen LogP contribution in [0.2, 0.25) is 0 Å². The topological polar surface area (TPSA) is 84.1 Å². The van der Waals surface area contributed by atoms with Gasteiger partial charge in [-0.25, -0.2) is 4.98 Å². The number of hydrogen-bond donors (Lipinski definition) is 2. The summed E-state index contributed by atoms with van der Waals surface area (Å²) in [6, 6.07) is 4.19. The first-order chi connectivity index (χ1) is 11.3. The Labute approximate surface area is 140 Å². The minimum absolute atomic E-state index is 0.0302. The molecule has 1 aliphatic rings. The highest BCUT2D eigenvalue weighted by Gasteiger charge is 2.24. The monoisotopic (exact) mass is 329 g/mol. The van der Waals surface area contributed by atoms with Crippen LogP contribution in [0.15, 0.2) is 16.9 Å². The lowest BCUT2D eigenvalue weighted by molar-refractivity contribution is -0.154. The average molecular weight is 329 g/mol. The van der Waals surface area contributed by atoms with Crippen LogP contribution in [-0.2, 0) is 22.6 Å². The molecule has 1 heterocycles. The molecule has 0 spiro atoms. The molecule has 3 rings (SSSR count). The van der Waals surface area contributed by atoms with Crippen molar-refractivity contribution < 1.29 is 9.53 Å². The number of aromatic nitrogens is 2. The summed E-state index contributed by atoms with van der Waals surface area (Å²) in [4.78, 5) is 31.4. The van der Waals surface area contributed by atoms with Crippen LogP contribution >= 0.6 is 0 Å². The van der Waals surface area contributed by atoms with Crippen LogP contribution in [0.5, 0.6) is 0 Å². The molecule has 6 heteroatoms. The molecule has 0 bridgehead atoms. The molecule has 2 aromatic rings. The summed E-state index contributed by atoms with van der Waals surface area (Å²) in [5.74, 6) is 0.0456. The molecular weight excluding hydrogens is 306 g/mol. The van der Waals surface area contributed by atoms with Crippen molar-refractivity contribution >= 4 is 16.9 Å². The van der Waals surface area contributed by atoms with Crippen molar-refractivity contribution in [3.63, 3.8) is 0 Å². The molecule has 1 atom stereocenters. The Hall–Kier alpha value is -2.21. The number of nitrogens with zero attached hydrogens (tertiary/aromatic N) is 1. The molecule has 0 amide bonds. The summed E-state index contributed by atoms with van der Waals surface area (Å²) in [6.45, 7) is 5.33. The van der Waals surface area contributed by atoms with Gasteiger partial charge in [0.2, 0.25) is 0 Å². The smallest absolute Gasteiger partial charge is 0.311 e. The summed E-state index contributed by atoms with van der Waals surface area (Å²) in [5.41, 5.74) is 2.25. The van der Waals surface area contributed by atoms with Gasteiger partial charge in [0, 0.05) is 6.04 Å². The Morgan fingerprint density at radius 3 is 2.83 bits per heavy atom. The number of esters is 1. The van der Waals surface area contributed by atoms with E-state index in [0.717, 1.165) is 12.8 Å². The van der Waals surface area contributed by atoms with E-state index < -0.39 is 5.41 Å². The summed E-state index contributed by atoms with van der Waals surface area (Å²) in [6.07, 6.45) is 2.00. The van der Waals surface area contributed by atoms with Crippen LogP contribution in [0.4, 0.5) is 0 Å². The van der Waals surface area contributed by atoms with Gasteiger partial charge in [-0.2, -0.15) is 0 Å². The number of hydrogen-bond acceptors (Lipinski definition) is 5. The third kappa shape index (κ3) is 3.06. The second-order valence-corrected chi connectivity index (χ2v) is 7.29. The molecule has 1 aromatic heterocycles. The summed E-state index contributed by atoms with van der Waals surface area (Å²) >= 11 is 0. The van der Waals surface area contributed by atoms with Crippen molar-refractivity contribution in [1.29, 1.82) is 0 Å². The number of benzene rings is 1.